The van der Waals surface area contributed by atoms with Gasteiger partial charge in [0.2, 0.25) is 5.89 Å². The number of methoxy groups -OCH3 is 1. The molecule has 0 radical (unpaired) electrons. The van der Waals surface area contributed by atoms with Crippen molar-refractivity contribution in [1.29, 1.82) is 0 Å². The molecule has 1 aromatic carbocycles. The second-order valence-corrected chi connectivity index (χ2v) is 6.91. The first-order valence-electron chi connectivity index (χ1n) is 8.56. The molecule has 5 nitrogen and oxygen atoms in total. The van der Waals surface area contributed by atoms with E-state index < -0.39 is 0 Å². The lowest BCUT2D eigenvalue weighted by Gasteiger charge is -2.44. The number of fused-ring (bicyclic) bond motifs is 2. The first kappa shape index (κ1) is 15.6. The first-order chi connectivity index (χ1) is 11.7. The van der Waals surface area contributed by atoms with E-state index >= 15 is 0 Å². The van der Waals surface area contributed by atoms with E-state index in [2.05, 4.69) is 15.0 Å². The summed E-state index contributed by atoms with van der Waals surface area (Å²) in [5.74, 6) is 1.48. The first-order valence-corrected chi connectivity index (χ1v) is 8.56. The highest BCUT2D eigenvalue weighted by atomic mass is 19.1. The summed E-state index contributed by atoms with van der Waals surface area (Å²) in [4.78, 5) is 7.11. The summed E-state index contributed by atoms with van der Waals surface area (Å²) in [6, 6.07) is 4.85. The number of halogens is 1. The summed E-state index contributed by atoms with van der Waals surface area (Å²) in [5, 5.41) is 4.11. The lowest BCUT2D eigenvalue weighted by molar-refractivity contribution is 0.0711. The predicted octanol–water partition coefficient (Wildman–Crippen LogP) is 2.94. The van der Waals surface area contributed by atoms with Crippen molar-refractivity contribution in [3.05, 3.63) is 41.3 Å². The molecule has 2 fully saturated rings. The fourth-order valence-corrected chi connectivity index (χ4v) is 4.05. The summed E-state index contributed by atoms with van der Waals surface area (Å²) < 4.78 is 24.7. The van der Waals surface area contributed by atoms with Crippen LogP contribution >= 0.6 is 0 Å². The van der Waals surface area contributed by atoms with Gasteiger partial charge in [0.1, 0.15) is 11.6 Å². The van der Waals surface area contributed by atoms with E-state index in [-0.39, 0.29) is 11.2 Å². The van der Waals surface area contributed by atoms with Gasteiger partial charge in [0, 0.05) is 19.0 Å². The van der Waals surface area contributed by atoms with E-state index in [1.54, 1.807) is 12.1 Å². The number of ether oxygens (including phenoxy) is 1. The molecule has 128 valence electrons. The van der Waals surface area contributed by atoms with Gasteiger partial charge in [-0.3, -0.25) is 0 Å². The molecule has 2 bridgehead atoms. The molecule has 1 aromatic heterocycles. The number of hydrogen-bond donors (Lipinski definition) is 0. The van der Waals surface area contributed by atoms with Gasteiger partial charge in [-0.1, -0.05) is 11.2 Å². The molecule has 3 heterocycles. The Kier molecular flexibility index (Phi) is 4.00. The standard InChI is InChI=1S/C18H22FN3O2/c1-23-14-5-4-13(15(19)11-14)10-16-20-17(24-21-16)18-6-2-8-22(12-18)9-3-7-18/h4-5,11H,2-3,6-10,12H2,1H3. The predicted molar refractivity (Wildman–Crippen MR) is 86.6 cm³/mol. The van der Waals surface area contributed by atoms with E-state index in [4.69, 9.17) is 9.26 Å². The molecule has 0 amide bonds. The topological polar surface area (TPSA) is 51.4 Å². The minimum Gasteiger partial charge on any atom is -0.497 e. The zero-order valence-corrected chi connectivity index (χ0v) is 13.9. The number of benzene rings is 1. The molecular weight excluding hydrogens is 309 g/mol. The Morgan fingerprint density at radius 3 is 2.79 bits per heavy atom. The minimum absolute atomic E-state index is 0.000201. The van der Waals surface area contributed by atoms with Gasteiger partial charge in [0.15, 0.2) is 5.82 Å². The zero-order chi connectivity index (χ0) is 16.6. The molecule has 0 aliphatic carbocycles. The van der Waals surface area contributed by atoms with Crippen LogP contribution in [-0.4, -0.2) is 41.8 Å². The van der Waals surface area contributed by atoms with Crippen molar-refractivity contribution in [1.82, 2.24) is 15.0 Å². The molecule has 0 N–H and O–H groups in total. The summed E-state index contributed by atoms with van der Waals surface area (Å²) in [5.41, 5.74) is 0.551. The summed E-state index contributed by atoms with van der Waals surface area (Å²) in [6.45, 7) is 3.34. The molecule has 0 atom stereocenters. The van der Waals surface area contributed by atoms with Crippen molar-refractivity contribution in [3.8, 4) is 5.75 Å². The van der Waals surface area contributed by atoms with Crippen LogP contribution in [0.2, 0.25) is 0 Å². The van der Waals surface area contributed by atoms with Crippen molar-refractivity contribution in [2.24, 2.45) is 0 Å². The van der Waals surface area contributed by atoms with Gasteiger partial charge in [-0.05, 0) is 50.4 Å². The Hall–Kier alpha value is -1.95. The highest BCUT2D eigenvalue weighted by Gasteiger charge is 2.43. The number of aromatic nitrogens is 2. The quantitative estimate of drug-likeness (QED) is 0.862. The number of piperidine rings is 2. The fourth-order valence-electron chi connectivity index (χ4n) is 4.05. The largest absolute Gasteiger partial charge is 0.497 e. The van der Waals surface area contributed by atoms with Crippen molar-refractivity contribution < 1.29 is 13.7 Å². The van der Waals surface area contributed by atoms with E-state index in [0.29, 0.717) is 23.6 Å². The van der Waals surface area contributed by atoms with Crippen LogP contribution in [0.1, 0.15) is 43.0 Å². The van der Waals surface area contributed by atoms with E-state index in [0.717, 1.165) is 25.3 Å². The second kappa shape index (κ2) is 6.16. The Labute approximate surface area is 140 Å². The second-order valence-electron chi connectivity index (χ2n) is 6.91. The van der Waals surface area contributed by atoms with Crippen LogP contribution in [0.3, 0.4) is 0 Å². The number of hydrogen-bond acceptors (Lipinski definition) is 5. The third-order valence-corrected chi connectivity index (χ3v) is 5.32. The minimum atomic E-state index is -0.305. The molecule has 4 rings (SSSR count). The lowest BCUT2D eigenvalue weighted by atomic mass is 9.73. The van der Waals surface area contributed by atoms with Crippen LogP contribution in [0.15, 0.2) is 22.7 Å². The molecule has 2 aliphatic heterocycles. The van der Waals surface area contributed by atoms with Crippen molar-refractivity contribution in [3.63, 3.8) is 0 Å². The van der Waals surface area contributed by atoms with Gasteiger partial charge < -0.3 is 14.2 Å². The monoisotopic (exact) mass is 331 g/mol. The van der Waals surface area contributed by atoms with Crippen molar-refractivity contribution in [2.75, 3.05) is 26.7 Å². The molecule has 2 aliphatic rings. The maximum absolute atomic E-state index is 14.1. The molecular formula is C18H22FN3O2. The third-order valence-electron chi connectivity index (χ3n) is 5.32. The Morgan fingerprint density at radius 2 is 2.08 bits per heavy atom. The highest BCUT2D eigenvalue weighted by molar-refractivity contribution is 5.30. The van der Waals surface area contributed by atoms with E-state index in [1.165, 1.54) is 39.1 Å². The van der Waals surface area contributed by atoms with Crippen LogP contribution in [0, 0.1) is 5.82 Å². The van der Waals surface area contributed by atoms with Crippen LogP contribution in [0.25, 0.3) is 0 Å². The van der Waals surface area contributed by atoms with Gasteiger partial charge in [0.05, 0.1) is 12.5 Å². The molecule has 0 saturated carbocycles. The van der Waals surface area contributed by atoms with Gasteiger partial charge >= 0.3 is 0 Å². The van der Waals surface area contributed by atoms with Gasteiger partial charge in [-0.25, -0.2) is 4.39 Å². The fraction of sp³-hybridized carbons (Fsp3) is 0.556. The third kappa shape index (κ3) is 2.79. The smallest absolute Gasteiger partial charge is 0.234 e. The lowest BCUT2D eigenvalue weighted by Crippen LogP contribution is -2.50. The van der Waals surface area contributed by atoms with Crippen LogP contribution < -0.4 is 4.74 Å². The Bertz CT molecular complexity index is 721. The van der Waals surface area contributed by atoms with Crippen LogP contribution in [-0.2, 0) is 11.8 Å². The van der Waals surface area contributed by atoms with Gasteiger partial charge in [0.25, 0.3) is 0 Å². The average Bonchev–Trinajstić information content (AvgIpc) is 3.06. The number of rotatable bonds is 4. The van der Waals surface area contributed by atoms with E-state index in [9.17, 15) is 4.39 Å². The number of nitrogens with zero attached hydrogens (tertiary/aromatic N) is 3. The van der Waals surface area contributed by atoms with Gasteiger partial charge in [-0.2, -0.15) is 4.98 Å². The summed E-state index contributed by atoms with van der Waals surface area (Å²) >= 11 is 0. The Morgan fingerprint density at radius 1 is 1.29 bits per heavy atom. The molecule has 0 spiro atoms. The van der Waals surface area contributed by atoms with Crippen LogP contribution in [0.5, 0.6) is 5.75 Å². The maximum atomic E-state index is 14.1. The van der Waals surface area contributed by atoms with E-state index in [1.807, 2.05) is 0 Å². The van der Waals surface area contributed by atoms with Crippen molar-refractivity contribution in [2.45, 2.75) is 37.5 Å². The highest BCUT2D eigenvalue weighted by Crippen LogP contribution is 2.40. The SMILES string of the molecule is COc1ccc(Cc2noc(C34CCCN(CCC3)C4)n2)c(F)c1. The summed E-state index contributed by atoms with van der Waals surface area (Å²) in [6.07, 6.45) is 4.87. The Balaban J connectivity index is 1.55. The maximum Gasteiger partial charge on any atom is 0.234 e. The molecule has 2 saturated heterocycles. The average molecular weight is 331 g/mol. The normalized spacial score (nSPS) is 26.3. The molecule has 2 aromatic rings. The molecule has 6 heteroatoms. The summed E-state index contributed by atoms with van der Waals surface area (Å²) in [7, 11) is 1.52. The zero-order valence-electron chi connectivity index (χ0n) is 13.9. The molecule has 0 unspecified atom stereocenters. The van der Waals surface area contributed by atoms with Crippen LogP contribution in [0.4, 0.5) is 4.39 Å². The molecule has 24 heavy (non-hydrogen) atoms. The van der Waals surface area contributed by atoms with Gasteiger partial charge in [-0.15, -0.1) is 0 Å². The van der Waals surface area contributed by atoms with Crippen molar-refractivity contribution >= 4 is 0 Å².